The van der Waals surface area contributed by atoms with Crippen molar-refractivity contribution >= 4 is 46.6 Å². The second kappa shape index (κ2) is 10.1. The second-order valence-electron chi connectivity index (χ2n) is 5.50. The highest BCUT2D eigenvalue weighted by Gasteiger charge is 2.04. The van der Waals surface area contributed by atoms with Gasteiger partial charge in [0.2, 0.25) is 11.8 Å². The average molecular weight is 383 g/mol. The summed E-state index contributed by atoms with van der Waals surface area (Å²) in [7, 11) is 1.57. The summed E-state index contributed by atoms with van der Waals surface area (Å²) in [5, 5.41) is 8.43. The third kappa shape index (κ3) is 6.56. The molecule has 0 atom stereocenters. The van der Waals surface area contributed by atoms with Gasteiger partial charge in [-0.3, -0.25) is 14.9 Å². The Labute approximate surface area is 163 Å². The number of para-hydroxylation sites is 1. The summed E-state index contributed by atoms with van der Waals surface area (Å²) in [4.78, 5) is 23.4. The number of methoxy groups -OCH3 is 1. The Balaban J connectivity index is 1.88. The SMILES string of the molecule is CCC(=O)Nc1ccc(NC(=S)NC(=O)/C=C/c2ccccc2OC)cc1. The van der Waals surface area contributed by atoms with Crippen LogP contribution in [0, 0.1) is 0 Å². The first kappa shape index (κ1) is 20.1. The van der Waals surface area contributed by atoms with Gasteiger partial charge in [0.25, 0.3) is 0 Å². The number of carbonyl (C=O) groups is 2. The molecule has 140 valence electrons. The molecule has 0 aliphatic rings. The van der Waals surface area contributed by atoms with Gasteiger partial charge >= 0.3 is 0 Å². The highest BCUT2D eigenvalue weighted by Crippen LogP contribution is 2.18. The maximum atomic E-state index is 12.0. The largest absolute Gasteiger partial charge is 0.496 e. The molecule has 0 heterocycles. The number of hydrogen-bond donors (Lipinski definition) is 3. The number of anilines is 2. The molecule has 0 aliphatic carbocycles. The monoisotopic (exact) mass is 383 g/mol. The fourth-order valence-electron chi connectivity index (χ4n) is 2.17. The van der Waals surface area contributed by atoms with E-state index in [1.807, 2.05) is 24.3 Å². The van der Waals surface area contributed by atoms with Crippen molar-refractivity contribution in [2.24, 2.45) is 0 Å². The van der Waals surface area contributed by atoms with Crippen LogP contribution in [0.15, 0.2) is 54.6 Å². The number of benzene rings is 2. The summed E-state index contributed by atoms with van der Waals surface area (Å²) in [6.07, 6.45) is 3.45. The van der Waals surface area contributed by atoms with Crippen molar-refractivity contribution in [3.05, 3.63) is 60.2 Å². The van der Waals surface area contributed by atoms with Gasteiger partial charge in [-0.05, 0) is 48.6 Å². The van der Waals surface area contributed by atoms with Gasteiger partial charge in [-0.2, -0.15) is 0 Å². The fraction of sp³-hybridized carbons (Fsp3) is 0.150. The van der Waals surface area contributed by atoms with Gasteiger partial charge in [-0.15, -0.1) is 0 Å². The normalized spacial score (nSPS) is 10.3. The van der Waals surface area contributed by atoms with E-state index in [2.05, 4.69) is 16.0 Å². The van der Waals surface area contributed by atoms with E-state index in [9.17, 15) is 9.59 Å². The number of hydrogen-bond acceptors (Lipinski definition) is 4. The van der Waals surface area contributed by atoms with Gasteiger partial charge in [0, 0.05) is 29.4 Å². The summed E-state index contributed by atoms with van der Waals surface area (Å²) in [6, 6.07) is 14.4. The van der Waals surface area contributed by atoms with E-state index in [0.29, 0.717) is 23.5 Å². The molecule has 2 aromatic carbocycles. The first-order chi connectivity index (χ1) is 13.0. The molecule has 27 heavy (non-hydrogen) atoms. The van der Waals surface area contributed by atoms with Crippen LogP contribution in [0.3, 0.4) is 0 Å². The molecule has 0 saturated carbocycles. The van der Waals surface area contributed by atoms with Crippen LogP contribution in [0.4, 0.5) is 11.4 Å². The van der Waals surface area contributed by atoms with Gasteiger partial charge < -0.3 is 15.4 Å². The van der Waals surface area contributed by atoms with Crippen molar-refractivity contribution in [1.29, 1.82) is 0 Å². The first-order valence-electron chi connectivity index (χ1n) is 8.34. The molecule has 0 bridgehead atoms. The fourth-order valence-corrected chi connectivity index (χ4v) is 2.39. The maximum Gasteiger partial charge on any atom is 0.250 e. The first-order valence-corrected chi connectivity index (χ1v) is 8.75. The van der Waals surface area contributed by atoms with Crippen molar-refractivity contribution in [2.45, 2.75) is 13.3 Å². The summed E-state index contributed by atoms with van der Waals surface area (Å²) >= 11 is 5.14. The Hall–Kier alpha value is -3.19. The second-order valence-corrected chi connectivity index (χ2v) is 5.91. The Kier molecular flexibility index (Phi) is 7.51. The molecule has 7 heteroatoms. The van der Waals surface area contributed by atoms with Gasteiger partial charge in [0.05, 0.1) is 7.11 Å². The standard InChI is InChI=1S/C20H21N3O3S/c1-3-18(24)21-15-9-11-16(12-10-15)22-20(27)23-19(25)13-8-14-6-4-5-7-17(14)26-2/h4-13H,3H2,1-2H3,(H,21,24)(H2,22,23,25,27)/b13-8+. The topological polar surface area (TPSA) is 79.5 Å². The van der Waals surface area contributed by atoms with E-state index in [4.69, 9.17) is 17.0 Å². The molecule has 0 aromatic heterocycles. The van der Waals surface area contributed by atoms with Crippen molar-refractivity contribution in [3.8, 4) is 5.75 Å². The predicted molar refractivity (Wildman–Crippen MR) is 112 cm³/mol. The van der Waals surface area contributed by atoms with E-state index >= 15 is 0 Å². The van der Waals surface area contributed by atoms with Crippen LogP contribution in [0.25, 0.3) is 6.08 Å². The number of nitrogens with one attached hydrogen (secondary N) is 3. The molecule has 2 amide bonds. The molecule has 3 N–H and O–H groups in total. The Morgan fingerprint density at radius 3 is 2.30 bits per heavy atom. The lowest BCUT2D eigenvalue weighted by Crippen LogP contribution is -2.32. The lowest BCUT2D eigenvalue weighted by Gasteiger charge is -2.09. The lowest BCUT2D eigenvalue weighted by atomic mass is 10.2. The lowest BCUT2D eigenvalue weighted by molar-refractivity contribution is -0.116. The number of carbonyl (C=O) groups excluding carboxylic acids is 2. The number of amides is 2. The molecule has 0 fully saturated rings. The number of rotatable bonds is 6. The van der Waals surface area contributed by atoms with Gasteiger partial charge in [-0.1, -0.05) is 25.1 Å². The zero-order valence-corrected chi connectivity index (χ0v) is 15.9. The molecule has 2 rings (SSSR count). The number of thiocarbonyl (C=S) groups is 1. The molecule has 0 spiro atoms. The van der Waals surface area contributed by atoms with E-state index in [-0.39, 0.29) is 16.9 Å². The van der Waals surface area contributed by atoms with E-state index in [0.717, 1.165) is 5.56 Å². The molecule has 6 nitrogen and oxygen atoms in total. The van der Waals surface area contributed by atoms with Crippen molar-refractivity contribution in [2.75, 3.05) is 17.7 Å². The third-order valence-corrected chi connectivity index (χ3v) is 3.74. The zero-order chi connectivity index (χ0) is 19.6. The quantitative estimate of drug-likeness (QED) is 0.525. The predicted octanol–water partition coefficient (Wildman–Crippen LogP) is 3.57. The summed E-state index contributed by atoms with van der Waals surface area (Å²) in [6.45, 7) is 1.79. The van der Waals surface area contributed by atoms with Crippen LogP contribution < -0.4 is 20.7 Å². The number of ether oxygens (including phenoxy) is 1. The minimum atomic E-state index is -0.356. The summed E-state index contributed by atoms with van der Waals surface area (Å²) < 4.78 is 5.23. The highest BCUT2D eigenvalue weighted by molar-refractivity contribution is 7.80. The van der Waals surface area contributed by atoms with E-state index < -0.39 is 0 Å². The molecule has 2 aromatic rings. The minimum absolute atomic E-state index is 0.0553. The smallest absolute Gasteiger partial charge is 0.250 e. The molecule has 0 unspecified atom stereocenters. The van der Waals surface area contributed by atoms with Crippen LogP contribution in [-0.2, 0) is 9.59 Å². The van der Waals surface area contributed by atoms with Crippen molar-refractivity contribution < 1.29 is 14.3 Å². The average Bonchev–Trinajstić information content (AvgIpc) is 2.67. The summed E-state index contributed by atoms with van der Waals surface area (Å²) in [5.74, 6) is 0.267. The van der Waals surface area contributed by atoms with Crippen LogP contribution in [0.1, 0.15) is 18.9 Å². The Morgan fingerprint density at radius 2 is 1.67 bits per heavy atom. The van der Waals surface area contributed by atoms with Gasteiger partial charge in [-0.25, -0.2) is 0 Å². The molecule has 0 radical (unpaired) electrons. The van der Waals surface area contributed by atoms with Crippen LogP contribution >= 0.6 is 12.2 Å². The Bertz CT molecular complexity index is 848. The van der Waals surface area contributed by atoms with Crippen LogP contribution in [0.2, 0.25) is 0 Å². The van der Waals surface area contributed by atoms with E-state index in [1.54, 1.807) is 44.4 Å². The molecular formula is C20H21N3O3S. The molecular weight excluding hydrogens is 362 g/mol. The highest BCUT2D eigenvalue weighted by atomic mass is 32.1. The molecule has 0 saturated heterocycles. The zero-order valence-electron chi connectivity index (χ0n) is 15.1. The third-order valence-electron chi connectivity index (χ3n) is 3.54. The molecule has 0 aliphatic heterocycles. The van der Waals surface area contributed by atoms with Crippen molar-refractivity contribution in [1.82, 2.24) is 5.32 Å². The Morgan fingerprint density at radius 1 is 1.04 bits per heavy atom. The summed E-state index contributed by atoms with van der Waals surface area (Å²) in [5.41, 5.74) is 2.18. The minimum Gasteiger partial charge on any atom is -0.496 e. The van der Waals surface area contributed by atoms with E-state index in [1.165, 1.54) is 6.08 Å². The van der Waals surface area contributed by atoms with Crippen LogP contribution in [0.5, 0.6) is 5.75 Å². The van der Waals surface area contributed by atoms with Crippen LogP contribution in [-0.4, -0.2) is 24.0 Å². The van der Waals surface area contributed by atoms with Gasteiger partial charge in [0.1, 0.15) is 5.75 Å². The maximum absolute atomic E-state index is 12.0. The van der Waals surface area contributed by atoms with Gasteiger partial charge in [0.15, 0.2) is 5.11 Å². The van der Waals surface area contributed by atoms with Crippen molar-refractivity contribution in [3.63, 3.8) is 0 Å².